The van der Waals surface area contributed by atoms with E-state index in [-0.39, 0.29) is 6.04 Å². The first kappa shape index (κ1) is 11.2. The molecule has 0 spiro atoms. The van der Waals surface area contributed by atoms with Gasteiger partial charge in [-0.15, -0.1) is 0 Å². The Bertz CT molecular complexity index is 418. The Morgan fingerprint density at radius 1 is 1.44 bits per heavy atom. The quantitative estimate of drug-likeness (QED) is 0.759. The summed E-state index contributed by atoms with van der Waals surface area (Å²) in [4.78, 5) is 12.8. The van der Waals surface area contributed by atoms with E-state index in [4.69, 9.17) is 16.3 Å². The van der Waals surface area contributed by atoms with Crippen molar-refractivity contribution in [1.29, 1.82) is 0 Å². The van der Waals surface area contributed by atoms with E-state index in [1.807, 2.05) is 6.92 Å². The summed E-state index contributed by atoms with van der Waals surface area (Å²) < 4.78 is 18.3. The smallest absolute Gasteiger partial charge is 0.410 e. The number of benzene rings is 1. The summed E-state index contributed by atoms with van der Waals surface area (Å²) >= 11 is 5.75. The molecule has 1 amide bonds. The summed E-state index contributed by atoms with van der Waals surface area (Å²) in [5, 5.41) is 0.299. The van der Waals surface area contributed by atoms with Crippen molar-refractivity contribution < 1.29 is 13.9 Å². The van der Waals surface area contributed by atoms with E-state index >= 15 is 0 Å². The minimum Gasteiger partial charge on any atom is -0.439 e. The highest BCUT2D eigenvalue weighted by molar-refractivity contribution is 6.30. The number of carbonyl (C=O) groups excluding carboxylic acids is 1. The maximum atomic E-state index is 13.2. The Kier molecular flexibility index (Phi) is 2.76. The predicted octanol–water partition coefficient (Wildman–Crippen LogP) is 2.99. The standard InChI is InChI=1S/C11H11ClFNO2/c1-6-10(16-11(15)14(6)2)7-3-8(12)5-9(13)4-7/h3-6,10H,1-2H3/t6-,10-/m0/s1. The molecule has 0 aromatic heterocycles. The molecule has 1 aromatic carbocycles. The zero-order valence-corrected chi connectivity index (χ0v) is 9.66. The molecule has 0 radical (unpaired) electrons. The number of carbonyl (C=O) groups is 1. The first-order chi connectivity index (χ1) is 7.49. The van der Waals surface area contributed by atoms with Gasteiger partial charge in [0.25, 0.3) is 0 Å². The molecule has 3 nitrogen and oxygen atoms in total. The molecule has 1 aliphatic rings. The number of likely N-dealkylation sites (N-methyl/N-ethyl adjacent to an activating group) is 1. The van der Waals surface area contributed by atoms with Gasteiger partial charge in [0.2, 0.25) is 0 Å². The Labute approximate surface area is 97.8 Å². The lowest BCUT2D eigenvalue weighted by Crippen LogP contribution is -2.27. The largest absolute Gasteiger partial charge is 0.439 e. The molecule has 0 unspecified atom stereocenters. The van der Waals surface area contributed by atoms with Crippen LogP contribution < -0.4 is 0 Å². The van der Waals surface area contributed by atoms with Crippen molar-refractivity contribution in [3.63, 3.8) is 0 Å². The van der Waals surface area contributed by atoms with Crippen molar-refractivity contribution >= 4 is 17.7 Å². The molecule has 0 saturated carbocycles. The van der Waals surface area contributed by atoms with E-state index in [0.717, 1.165) is 0 Å². The molecule has 16 heavy (non-hydrogen) atoms. The van der Waals surface area contributed by atoms with E-state index in [0.29, 0.717) is 10.6 Å². The van der Waals surface area contributed by atoms with Gasteiger partial charge in [0.1, 0.15) is 11.9 Å². The molecule has 1 heterocycles. The third kappa shape index (κ3) is 1.85. The zero-order chi connectivity index (χ0) is 11.9. The summed E-state index contributed by atoms with van der Waals surface area (Å²) in [6.07, 6.45) is -0.872. The first-order valence-electron chi connectivity index (χ1n) is 4.88. The molecule has 2 atom stereocenters. The van der Waals surface area contributed by atoms with Crippen LogP contribution in [0, 0.1) is 5.82 Å². The molecule has 0 aliphatic carbocycles. The van der Waals surface area contributed by atoms with Gasteiger partial charge in [0.15, 0.2) is 0 Å². The minimum absolute atomic E-state index is 0.134. The van der Waals surface area contributed by atoms with Gasteiger partial charge >= 0.3 is 6.09 Å². The predicted molar refractivity (Wildman–Crippen MR) is 57.9 cm³/mol. The Morgan fingerprint density at radius 2 is 2.12 bits per heavy atom. The second-order valence-corrected chi connectivity index (χ2v) is 4.30. The highest BCUT2D eigenvalue weighted by Gasteiger charge is 2.37. The van der Waals surface area contributed by atoms with Gasteiger partial charge in [-0.05, 0) is 30.7 Å². The number of rotatable bonds is 1. The van der Waals surface area contributed by atoms with Gasteiger partial charge in [-0.25, -0.2) is 9.18 Å². The van der Waals surface area contributed by atoms with Crippen molar-refractivity contribution in [3.8, 4) is 0 Å². The van der Waals surface area contributed by atoms with Crippen LogP contribution in [-0.4, -0.2) is 24.1 Å². The average Bonchev–Trinajstić information content (AvgIpc) is 2.44. The number of hydrogen-bond donors (Lipinski definition) is 0. The summed E-state index contributed by atoms with van der Waals surface area (Å²) in [6, 6.07) is 4.03. The van der Waals surface area contributed by atoms with Gasteiger partial charge in [-0.3, -0.25) is 0 Å². The molecule has 0 N–H and O–H groups in total. The van der Waals surface area contributed by atoms with E-state index < -0.39 is 18.0 Å². The van der Waals surface area contributed by atoms with E-state index in [1.54, 1.807) is 13.1 Å². The number of cyclic esters (lactones) is 1. The molecule has 2 rings (SSSR count). The molecule has 1 fully saturated rings. The molecular formula is C11H11ClFNO2. The SMILES string of the molecule is C[C@H]1[C@@H](c2cc(F)cc(Cl)c2)OC(=O)N1C. The summed E-state index contributed by atoms with van der Waals surface area (Å²) in [5.41, 5.74) is 0.579. The lowest BCUT2D eigenvalue weighted by Gasteiger charge is -2.16. The maximum Gasteiger partial charge on any atom is 0.410 e. The molecule has 1 aliphatic heterocycles. The average molecular weight is 244 g/mol. The van der Waals surface area contributed by atoms with Crippen LogP contribution in [0.4, 0.5) is 9.18 Å². The number of amides is 1. The van der Waals surface area contributed by atoms with E-state index in [1.165, 1.54) is 17.0 Å². The lowest BCUT2D eigenvalue weighted by molar-refractivity contribution is 0.131. The fourth-order valence-corrected chi connectivity index (χ4v) is 1.98. The molecule has 0 bridgehead atoms. The van der Waals surface area contributed by atoms with E-state index in [2.05, 4.69) is 0 Å². The molecule has 86 valence electrons. The fourth-order valence-electron chi connectivity index (χ4n) is 1.75. The van der Waals surface area contributed by atoms with Gasteiger partial charge in [0.05, 0.1) is 6.04 Å². The van der Waals surface area contributed by atoms with Crippen LogP contribution in [0.3, 0.4) is 0 Å². The molecular weight excluding hydrogens is 233 g/mol. The minimum atomic E-state index is -0.467. The Morgan fingerprint density at radius 3 is 2.62 bits per heavy atom. The maximum absolute atomic E-state index is 13.2. The highest BCUT2D eigenvalue weighted by Crippen LogP contribution is 2.32. The molecule has 1 aromatic rings. The van der Waals surface area contributed by atoms with Crippen LogP contribution in [0.25, 0.3) is 0 Å². The second-order valence-electron chi connectivity index (χ2n) is 3.86. The first-order valence-corrected chi connectivity index (χ1v) is 5.26. The Balaban J connectivity index is 2.35. The van der Waals surface area contributed by atoms with Crippen LogP contribution in [0.5, 0.6) is 0 Å². The van der Waals surface area contributed by atoms with Gasteiger partial charge < -0.3 is 9.64 Å². The van der Waals surface area contributed by atoms with Crippen LogP contribution in [0.15, 0.2) is 18.2 Å². The molecule has 5 heteroatoms. The van der Waals surface area contributed by atoms with Crippen LogP contribution in [0.1, 0.15) is 18.6 Å². The highest BCUT2D eigenvalue weighted by atomic mass is 35.5. The van der Waals surface area contributed by atoms with Crippen molar-refractivity contribution in [2.24, 2.45) is 0 Å². The van der Waals surface area contributed by atoms with Crippen molar-refractivity contribution in [3.05, 3.63) is 34.6 Å². The number of nitrogens with zero attached hydrogens (tertiary/aromatic N) is 1. The van der Waals surface area contributed by atoms with Gasteiger partial charge in [-0.2, -0.15) is 0 Å². The summed E-state index contributed by atoms with van der Waals surface area (Å²) in [7, 11) is 1.65. The second kappa shape index (κ2) is 3.94. The number of halogens is 2. The van der Waals surface area contributed by atoms with Crippen LogP contribution in [-0.2, 0) is 4.74 Å². The van der Waals surface area contributed by atoms with Crippen molar-refractivity contribution in [1.82, 2.24) is 4.90 Å². The third-order valence-corrected chi connectivity index (χ3v) is 3.00. The topological polar surface area (TPSA) is 29.5 Å². The van der Waals surface area contributed by atoms with Crippen molar-refractivity contribution in [2.45, 2.75) is 19.1 Å². The third-order valence-electron chi connectivity index (χ3n) is 2.78. The van der Waals surface area contributed by atoms with E-state index in [9.17, 15) is 9.18 Å². The lowest BCUT2D eigenvalue weighted by atomic mass is 10.0. The Hall–Kier alpha value is -1.29. The summed E-state index contributed by atoms with van der Waals surface area (Å²) in [5.74, 6) is -0.430. The van der Waals surface area contributed by atoms with Crippen LogP contribution in [0.2, 0.25) is 5.02 Å². The van der Waals surface area contributed by atoms with Gasteiger partial charge in [0, 0.05) is 12.1 Å². The fraction of sp³-hybridized carbons (Fsp3) is 0.364. The molecule has 1 saturated heterocycles. The number of ether oxygens (including phenoxy) is 1. The zero-order valence-electron chi connectivity index (χ0n) is 8.91. The van der Waals surface area contributed by atoms with Gasteiger partial charge in [-0.1, -0.05) is 11.6 Å². The number of hydrogen-bond acceptors (Lipinski definition) is 2. The normalized spacial score (nSPS) is 24.8. The summed E-state index contributed by atoms with van der Waals surface area (Å²) in [6.45, 7) is 1.84. The van der Waals surface area contributed by atoms with Crippen molar-refractivity contribution in [2.75, 3.05) is 7.05 Å². The van der Waals surface area contributed by atoms with Crippen LogP contribution >= 0.6 is 11.6 Å². The monoisotopic (exact) mass is 243 g/mol.